The maximum absolute atomic E-state index is 14.4. The molecular weight excluding hydrogens is 460 g/mol. The Bertz CT molecular complexity index is 900. The first kappa shape index (κ1) is 26.9. The Hall–Kier alpha value is -2.19. The Morgan fingerprint density at radius 2 is 1.97 bits per heavy atom. The van der Waals surface area contributed by atoms with Gasteiger partial charge in [-0.15, -0.1) is 13.2 Å². The van der Waals surface area contributed by atoms with E-state index in [1.54, 1.807) is 19.1 Å². The van der Waals surface area contributed by atoms with Crippen molar-refractivity contribution in [2.45, 2.75) is 95.0 Å². The minimum absolute atomic E-state index is 0.0549. The van der Waals surface area contributed by atoms with Gasteiger partial charge in [0.05, 0.1) is 30.8 Å². The first-order chi connectivity index (χ1) is 17.2. The summed E-state index contributed by atoms with van der Waals surface area (Å²) in [6.45, 7) is 13.5. The van der Waals surface area contributed by atoms with Crippen molar-refractivity contribution < 1.29 is 29.0 Å². The highest BCUT2D eigenvalue weighted by atomic mass is 16.6. The maximum Gasteiger partial charge on any atom is 0.312 e. The average molecular weight is 503 g/mol. The third-order valence-electron chi connectivity index (χ3n) is 9.17. The van der Waals surface area contributed by atoms with Crippen LogP contribution in [-0.4, -0.2) is 81.8 Å². The van der Waals surface area contributed by atoms with Crippen molar-refractivity contribution in [3.05, 3.63) is 25.3 Å². The molecule has 200 valence electrons. The number of ether oxygens (including phenoxy) is 2. The summed E-state index contributed by atoms with van der Waals surface area (Å²) in [5.41, 5.74) is -2.05. The highest BCUT2D eigenvalue weighted by Crippen LogP contribution is 2.65. The zero-order valence-corrected chi connectivity index (χ0v) is 22.0. The largest absolute Gasteiger partial charge is 0.465 e. The van der Waals surface area contributed by atoms with Crippen LogP contribution in [0.4, 0.5) is 0 Å². The van der Waals surface area contributed by atoms with Crippen LogP contribution in [0.15, 0.2) is 25.3 Å². The number of hydrogen-bond acceptors (Lipinski definition) is 6. The van der Waals surface area contributed by atoms with Crippen LogP contribution in [0.25, 0.3) is 0 Å². The third-order valence-corrected chi connectivity index (χ3v) is 9.17. The van der Waals surface area contributed by atoms with Crippen molar-refractivity contribution in [2.24, 2.45) is 17.8 Å². The van der Waals surface area contributed by atoms with Crippen LogP contribution in [0.5, 0.6) is 0 Å². The van der Waals surface area contributed by atoms with E-state index in [1.807, 2.05) is 18.7 Å². The average Bonchev–Trinajstić information content (AvgIpc) is 3.39. The molecule has 0 aromatic rings. The smallest absolute Gasteiger partial charge is 0.312 e. The van der Waals surface area contributed by atoms with Gasteiger partial charge in [-0.1, -0.05) is 38.3 Å². The van der Waals surface area contributed by atoms with Gasteiger partial charge in [-0.05, 0) is 45.4 Å². The molecule has 8 nitrogen and oxygen atoms in total. The lowest BCUT2D eigenvalue weighted by molar-refractivity contribution is -0.164. The standard InChI is InChI=1S/C28H42N2O6/c1-6-8-15-35-26(34)22-21-24(32)30(19(4)17-31)23(28(21)16-18(3)27(22,5)36-28)25(33)29(14-7-2)20-12-10-9-11-13-20/h6-7,18-23,31H,1-2,8-17H2,3-5H3/t18?,19-,21+,22+,23?,27-,28?/m1/s1. The van der Waals surface area contributed by atoms with Crippen molar-refractivity contribution in [1.82, 2.24) is 9.80 Å². The Morgan fingerprint density at radius 3 is 2.58 bits per heavy atom. The van der Waals surface area contributed by atoms with Gasteiger partial charge < -0.3 is 24.4 Å². The van der Waals surface area contributed by atoms with Gasteiger partial charge in [-0.2, -0.15) is 0 Å². The zero-order valence-electron chi connectivity index (χ0n) is 22.0. The predicted octanol–water partition coefficient (Wildman–Crippen LogP) is 2.84. The van der Waals surface area contributed by atoms with Gasteiger partial charge in [-0.3, -0.25) is 14.4 Å². The summed E-state index contributed by atoms with van der Waals surface area (Å²) in [5.74, 6) is -2.64. The van der Waals surface area contributed by atoms with E-state index in [-0.39, 0.29) is 37.0 Å². The summed E-state index contributed by atoms with van der Waals surface area (Å²) in [6.07, 6.45) is 9.52. The summed E-state index contributed by atoms with van der Waals surface area (Å²) in [7, 11) is 0. The lowest BCUT2D eigenvalue weighted by Crippen LogP contribution is -2.60. The molecule has 2 amide bonds. The molecule has 1 N–H and O–H groups in total. The fourth-order valence-electron chi connectivity index (χ4n) is 7.32. The van der Waals surface area contributed by atoms with E-state index in [0.717, 1.165) is 32.1 Å². The van der Waals surface area contributed by atoms with Crippen molar-refractivity contribution in [3.8, 4) is 0 Å². The van der Waals surface area contributed by atoms with Gasteiger partial charge >= 0.3 is 5.97 Å². The highest BCUT2D eigenvalue weighted by Gasteiger charge is 2.80. The molecular formula is C28H42N2O6. The lowest BCUT2D eigenvalue weighted by atomic mass is 9.62. The van der Waals surface area contributed by atoms with Crippen LogP contribution in [-0.2, 0) is 23.9 Å². The molecule has 0 radical (unpaired) electrons. The quantitative estimate of drug-likeness (QED) is 0.280. The molecule has 1 saturated carbocycles. The van der Waals surface area contributed by atoms with Crippen LogP contribution in [0.1, 0.15) is 65.7 Å². The van der Waals surface area contributed by atoms with Gasteiger partial charge in [0.2, 0.25) is 11.8 Å². The summed E-state index contributed by atoms with van der Waals surface area (Å²) >= 11 is 0. The number of hydrogen-bond donors (Lipinski definition) is 1. The molecule has 2 bridgehead atoms. The Balaban J connectivity index is 1.76. The molecule has 36 heavy (non-hydrogen) atoms. The molecule has 4 aliphatic rings. The van der Waals surface area contributed by atoms with E-state index < -0.39 is 41.1 Å². The molecule has 1 spiro atoms. The monoisotopic (exact) mass is 502 g/mol. The van der Waals surface area contributed by atoms with E-state index in [9.17, 15) is 19.5 Å². The summed E-state index contributed by atoms with van der Waals surface area (Å²) < 4.78 is 12.3. The molecule has 8 heteroatoms. The molecule has 0 aromatic carbocycles. The second-order valence-electron chi connectivity index (χ2n) is 11.3. The second-order valence-corrected chi connectivity index (χ2v) is 11.3. The normalized spacial score (nSPS) is 36.4. The fraction of sp³-hybridized carbons (Fsp3) is 0.750. The first-order valence-corrected chi connectivity index (χ1v) is 13.5. The number of nitrogens with zero attached hydrogens (tertiary/aromatic N) is 2. The molecule has 1 aliphatic carbocycles. The number of carbonyl (C=O) groups excluding carboxylic acids is 3. The number of carbonyl (C=O) groups is 3. The number of amides is 2. The molecule has 0 aromatic heterocycles. The molecule has 3 unspecified atom stereocenters. The molecule has 3 saturated heterocycles. The van der Waals surface area contributed by atoms with Crippen LogP contribution in [0.3, 0.4) is 0 Å². The number of likely N-dealkylation sites (tertiary alicyclic amines) is 1. The minimum Gasteiger partial charge on any atom is -0.465 e. The lowest BCUT2D eigenvalue weighted by Gasteiger charge is -2.42. The Kier molecular flexibility index (Phi) is 7.68. The number of esters is 1. The van der Waals surface area contributed by atoms with Crippen molar-refractivity contribution in [2.75, 3.05) is 19.8 Å². The zero-order chi connectivity index (χ0) is 26.3. The van der Waals surface area contributed by atoms with Gasteiger partial charge in [-0.25, -0.2) is 0 Å². The van der Waals surface area contributed by atoms with Crippen LogP contribution >= 0.6 is 0 Å². The van der Waals surface area contributed by atoms with Crippen LogP contribution in [0, 0.1) is 17.8 Å². The Morgan fingerprint density at radius 1 is 1.28 bits per heavy atom. The minimum atomic E-state index is -1.14. The van der Waals surface area contributed by atoms with E-state index in [1.165, 1.54) is 4.90 Å². The van der Waals surface area contributed by atoms with Crippen LogP contribution in [0.2, 0.25) is 0 Å². The summed E-state index contributed by atoms with van der Waals surface area (Å²) in [6, 6.07) is -1.42. The van der Waals surface area contributed by atoms with Gasteiger partial charge in [0.15, 0.2) is 0 Å². The second kappa shape index (κ2) is 10.3. The van der Waals surface area contributed by atoms with E-state index >= 15 is 0 Å². The van der Waals surface area contributed by atoms with Gasteiger partial charge in [0.1, 0.15) is 17.6 Å². The number of aliphatic hydroxyl groups is 1. The SMILES string of the molecule is C=CCCOC(=O)[C@@H]1[C@H]2C(=O)N([C@H](C)CO)C(C(=O)N(CC=C)C3CCCCC3)C23CC(C)[C@@]1(C)O3. The number of rotatable bonds is 10. The molecule has 4 fully saturated rings. The van der Waals surface area contributed by atoms with Crippen molar-refractivity contribution in [1.29, 1.82) is 0 Å². The van der Waals surface area contributed by atoms with Crippen molar-refractivity contribution >= 4 is 17.8 Å². The molecule has 4 rings (SSSR count). The highest BCUT2D eigenvalue weighted by molar-refractivity contribution is 5.99. The van der Waals surface area contributed by atoms with Gasteiger partial charge in [0.25, 0.3) is 0 Å². The summed E-state index contributed by atoms with van der Waals surface area (Å²) in [4.78, 5) is 45.2. The Labute approximate surface area is 214 Å². The van der Waals surface area contributed by atoms with E-state index in [0.29, 0.717) is 19.4 Å². The third kappa shape index (κ3) is 4.01. The first-order valence-electron chi connectivity index (χ1n) is 13.5. The molecule has 3 aliphatic heterocycles. The molecule has 3 heterocycles. The summed E-state index contributed by atoms with van der Waals surface area (Å²) in [5, 5.41) is 10.1. The van der Waals surface area contributed by atoms with Crippen molar-refractivity contribution in [3.63, 3.8) is 0 Å². The number of aliphatic hydroxyl groups excluding tert-OH is 1. The van der Waals surface area contributed by atoms with Crippen LogP contribution < -0.4 is 0 Å². The maximum atomic E-state index is 14.4. The van der Waals surface area contributed by atoms with E-state index in [4.69, 9.17) is 9.47 Å². The topological polar surface area (TPSA) is 96.4 Å². The predicted molar refractivity (Wildman–Crippen MR) is 135 cm³/mol. The van der Waals surface area contributed by atoms with E-state index in [2.05, 4.69) is 13.2 Å². The van der Waals surface area contributed by atoms with Gasteiger partial charge in [0, 0.05) is 12.6 Å². The number of fused-ring (bicyclic) bond motifs is 1. The fourth-order valence-corrected chi connectivity index (χ4v) is 7.32. The molecule has 7 atom stereocenters.